The molecule has 0 radical (unpaired) electrons. The Kier molecular flexibility index (Phi) is 5.62. The molecule has 0 N–H and O–H groups in total. The molecule has 2 aromatic heterocycles. The van der Waals surface area contributed by atoms with E-state index in [0.717, 1.165) is 12.1 Å². The van der Waals surface area contributed by atoms with Crippen molar-refractivity contribution in [2.24, 2.45) is 0 Å². The van der Waals surface area contributed by atoms with E-state index in [1.54, 1.807) is 0 Å². The quantitative estimate of drug-likeness (QED) is 0.562. The fourth-order valence-electron chi connectivity index (χ4n) is 3.44. The number of oxazole rings is 1. The Hall–Kier alpha value is -3.43. The predicted molar refractivity (Wildman–Crippen MR) is 101 cm³/mol. The average Bonchev–Trinajstić information content (AvgIpc) is 3.27. The largest absolute Gasteiger partial charge is 0.472 e. The van der Waals surface area contributed by atoms with Crippen molar-refractivity contribution >= 4 is 5.91 Å². The van der Waals surface area contributed by atoms with Crippen LogP contribution in [0.3, 0.4) is 0 Å². The van der Waals surface area contributed by atoms with Crippen LogP contribution >= 0.6 is 0 Å². The molecule has 0 saturated carbocycles. The van der Waals surface area contributed by atoms with E-state index in [-0.39, 0.29) is 29.4 Å². The average molecular weight is 435 g/mol. The monoisotopic (exact) mass is 435 g/mol. The second-order valence-electron chi connectivity index (χ2n) is 7.02. The number of aromatic nitrogens is 2. The number of carbonyl (C=O) groups excluding carboxylic acids is 1. The summed E-state index contributed by atoms with van der Waals surface area (Å²) in [6.07, 6.45) is -0.374. The maximum atomic E-state index is 14.4. The van der Waals surface area contributed by atoms with Crippen molar-refractivity contribution in [1.29, 1.82) is 0 Å². The zero-order valence-corrected chi connectivity index (χ0v) is 16.1. The summed E-state index contributed by atoms with van der Waals surface area (Å²) < 4.78 is 63.3. The molecule has 0 bridgehead atoms. The molecule has 1 saturated heterocycles. The minimum Gasteiger partial charge on any atom is -0.472 e. The van der Waals surface area contributed by atoms with Crippen LogP contribution in [0.15, 0.2) is 53.4 Å². The Morgan fingerprint density at radius 2 is 2.03 bits per heavy atom. The van der Waals surface area contributed by atoms with Gasteiger partial charge in [-0.15, -0.1) is 0 Å². The third-order valence-electron chi connectivity index (χ3n) is 4.91. The number of hydrogen-bond acceptors (Lipinski definition) is 5. The van der Waals surface area contributed by atoms with Crippen molar-refractivity contribution in [3.8, 4) is 17.3 Å². The number of ether oxygens (including phenoxy) is 1. The summed E-state index contributed by atoms with van der Waals surface area (Å²) in [5, 5.41) is 0. The summed E-state index contributed by atoms with van der Waals surface area (Å²) in [4.78, 5) is 22.3. The molecule has 3 aromatic rings. The van der Waals surface area contributed by atoms with Gasteiger partial charge in [0.05, 0.1) is 29.4 Å². The first-order valence-electron chi connectivity index (χ1n) is 9.50. The van der Waals surface area contributed by atoms with E-state index in [1.165, 1.54) is 35.6 Å². The van der Waals surface area contributed by atoms with Gasteiger partial charge in [0.15, 0.2) is 0 Å². The molecule has 1 amide bonds. The van der Waals surface area contributed by atoms with Crippen LogP contribution in [0.25, 0.3) is 11.5 Å². The molecule has 1 fully saturated rings. The van der Waals surface area contributed by atoms with E-state index < -0.39 is 29.6 Å². The second-order valence-corrected chi connectivity index (χ2v) is 7.02. The topological polar surface area (TPSA) is 68.5 Å². The molecular formula is C21H17F4N3O3. The first-order chi connectivity index (χ1) is 14.8. The van der Waals surface area contributed by atoms with Gasteiger partial charge in [-0.05, 0) is 31.0 Å². The SMILES string of the molecule is O=C(c1cccc(F)c1-c1ncco1)N1CCCC(Oc2ccc(C(F)(F)F)cn2)C1. The molecule has 1 unspecified atom stereocenters. The number of pyridine rings is 1. The van der Waals surface area contributed by atoms with Crippen LogP contribution in [0, 0.1) is 5.82 Å². The molecule has 3 heterocycles. The van der Waals surface area contributed by atoms with Gasteiger partial charge in [0.1, 0.15) is 18.2 Å². The Morgan fingerprint density at radius 1 is 1.19 bits per heavy atom. The molecule has 4 rings (SSSR count). The number of hydrogen-bond donors (Lipinski definition) is 0. The van der Waals surface area contributed by atoms with Crippen LogP contribution in [0.2, 0.25) is 0 Å². The molecule has 1 aliphatic rings. The van der Waals surface area contributed by atoms with Gasteiger partial charge in [-0.2, -0.15) is 13.2 Å². The molecule has 162 valence electrons. The highest BCUT2D eigenvalue weighted by Crippen LogP contribution is 2.30. The lowest BCUT2D eigenvalue weighted by molar-refractivity contribution is -0.137. The third-order valence-corrected chi connectivity index (χ3v) is 4.91. The molecule has 0 spiro atoms. The van der Waals surface area contributed by atoms with Crippen LogP contribution < -0.4 is 4.74 Å². The molecule has 31 heavy (non-hydrogen) atoms. The van der Waals surface area contributed by atoms with E-state index in [1.807, 2.05) is 0 Å². The lowest BCUT2D eigenvalue weighted by Crippen LogP contribution is -2.44. The van der Waals surface area contributed by atoms with Crippen molar-refractivity contribution in [2.75, 3.05) is 13.1 Å². The van der Waals surface area contributed by atoms with Crippen LogP contribution in [-0.2, 0) is 6.18 Å². The highest BCUT2D eigenvalue weighted by Gasteiger charge is 2.32. The molecule has 0 aliphatic carbocycles. The highest BCUT2D eigenvalue weighted by molar-refractivity contribution is 6.00. The number of nitrogens with zero attached hydrogens (tertiary/aromatic N) is 3. The Labute approximate surface area is 174 Å². The zero-order valence-electron chi connectivity index (χ0n) is 16.1. The second kappa shape index (κ2) is 8.37. The van der Waals surface area contributed by atoms with Gasteiger partial charge in [-0.25, -0.2) is 14.4 Å². The summed E-state index contributed by atoms with van der Waals surface area (Å²) in [6, 6.07) is 6.18. The van der Waals surface area contributed by atoms with Crippen molar-refractivity contribution in [3.05, 3.63) is 65.9 Å². The van der Waals surface area contributed by atoms with Gasteiger partial charge in [0.25, 0.3) is 5.91 Å². The predicted octanol–water partition coefficient (Wildman–Crippen LogP) is 4.58. The van der Waals surface area contributed by atoms with Gasteiger partial charge in [0, 0.05) is 18.8 Å². The summed E-state index contributed by atoms with van der Waals surface area (Å²) in [6.45, 7) is 0.615. The molecule has 1 aromatic carbocycles. The fourth-order valence-corrected chi connectivity index (χ4v) is 3.44. The number of likely N-dealkylation sites (tertiary alicyclic amines) is 1. The minimum atomic E-state index is -4.48. The number of amides is 1. The Bertz CT molecular complexity index is 1050. The van der Waals surface area contributed by atoms with E-state index in [2.05, 4.69) is 9.97 Å². The maximum absolute atomic E-state index is 14.4. The number of carbonyl (C=O) groups is 1. The first kappa shape index (κ1) is 20.8. The Balaban J connectivity index is 1.49. The molecular weight excluding hydrogens is 418 g/mol. The van der Waals surface area contributed by atoms with Crippen LogP contribution in [0.4, 0.5) is 17.6 Å². The van der Waals surface area contributed by atoms with Crippen molar-refractivity contribution < 1.29 is 31.5 Å². The number of piperidine rings is 1. The molecule has 1 aliphatic heterocycles. The van der Waals surface area contributed by atoms with Gasteiger partial charge in [-0.1, -0.05) is 6.07 Å². The number of benzene rings is 1. The summed E-state index contributed by atoms with van der Waals surface area (Å²) in [5.41, 5.74) is -0.786. The smallest absolute Gasteiger partial charge is 0.417 e. The van der Waals surface area contributed by atoms with Crippen molar-refractivity contribution in [1.82, 2.24) is 14.9 Å². The van der Waals surface area contributed by atoms with E-state index in [0.29, 0.717) is 25.6 Å². The molecule has 1 atom stereocenters. The van der Waals surface area contributed by atoms with Crippen LogP contribution in [0.1, 0.15) is 28.8 Å². The Morgan fingerprint density at radius 3 is 2.71 bits per heavy atom. The van der Waals surface area contributed by atoms with Gasteiger partial charge >= 0.3 is 6.18 Å². The lowest BCUT2D eigenvalue weighted by Gasteiger charge is -2.33. The number of alkyl halides is 3. The van der Waals surface area contributed by atoms with Crippen LogP contribution in [0.5, 0.6) is 5.88 Å². The van der Waals surface area contributed by atoms with Crippen molar-refractivity contribution in [3.63, 3.8) is 0 Å². The van der Waals surface area contributed by atoms with E-state index in [4.69, 9.17) is 9.15 Å². The highest BCUT2D eigenvalue weighted by atomic mass is 19.4. The lowest BCUT2D eigenvalue weighted by atomic mass is 10.0. The number of rotatable bonds is 4. The fraction of sp³-hybridized carbons (Fsp3) is 0.286. The van der Waals surface area contributed by atoms with Crippen LogP contribution in [-0.4, -0.2) is 40.0 Å². The first-order valence-corrected chi connectivity index (χ1v) is 9.50. The van der Waals surface area contributed by atoms with Crippen molar-refractivity contribution in [2.45, 2.75) is 25.1 Å². The molecule has 6 nitrogen and oxygen atoms in total. The zero-order chi connectivity index (χ0) is 22.0. The minimum absolute atomic E-state index is 0.000198. The van der Waals surface area contributed by atoms with E-state index in [9.17, 15) is 22.4 Å². The van der Waals surface area contributed by atoms with Gasteiger partial charge in [0.2, 0.25) is 11.8 Å². The third kappa shape index (κ3) is 4.52. The summed E-state index contributed by atoms with van der Waals surface area (Å²) in [5.74, 6) is -1.01. The van der Waals surface area contributed by atoms with Gasteiger partial charge < -0.3 is 14.1 Å². The number of halogens is 4. The maximum Gasteiger partial charge on any atom is 0.417 e. The molecule has 10 heteroatoms. The summed E-state index contributed by atoms with van der Waals surface area (Å²) >= 11 is 0. The summed E-state index contributed by atoms with van der Waals surface area (Å²) in [7, 11) is 0. The standard InChI is InChI=1S/C21H17F4N3O3/c22-16-5-1-4-15(18(16)19-26-8-10-30-19)20(29)28-9-2-3-14(12-28)31-17-7-6-13(11-27-17)21(23,24)25/h1,4-8,10-11,14H,2-3,9,12H2. The normalized spacial score (nSPS) is 16.9. The van der Waals surface area contributed by atoms with Gasteiger partial charge in [-0.3, -0.25) is 4.79 Å². The van der Waals surface area contributed by atoms with E-state index >= 15 is 0 Å².